The van der Waals surface area contributed by atoms with E-state index in [9.17, 15) is 18.0 Å². The van der Waals surface area contributed by atoms with Crippen molar-refractivity contribution in [2.45, 2.75) is 26.1 Å². The molecule has 0 amide bonds. The molecule has 1 heterocycles. The lowest BCUT2D eigenvalue weighted by Gasteiger charge is -2.10. The molecule has 0 fully saturated rings. The molecular weight excluding hydrogens is 339 g/mol. The Balaban J connectivity index is 2.27. The number of hydrogen-bond donors (Lipinski definition) is 0. The van der Waals surface area contributed by atoms with Crippen LogP contribution in [0.5, 0.6) is 5.75 Å². The maximum Gasteiger partial charge on any atom is 0.416 e. The number of carbonyl (C=O) groups is 1. The van der Waals surface area contributed by atoms with Crippen molar-refractivity contribution < 1.29 is 27.4 Å². The van der Waals surface area contributed by atoms with Crippen LogP contribution in [0, 0.1) is 0 Å². The lowest BCUT2D eigenvalue weighted by molar-refractivity contribution is -0.141. The Bertz CT molecular complexity index is 782. The number of carbonyl (C=O) groups excluding carboxylic acids is 1. The fourth-order valence-corrected chi connectivity index (χ4v) is 1.90. The summed E-state index contributed by atoms with van der Waals surface area (Å²) in [5, 5.41) is 4.02. The molecule has 0 saturated carbocycles. The molecule has 0 aliphatic rings. The Hall–Kier alpha value is -2.84. The van der Waals surface area contributed by atoms with Gasteiger partial charge in [-0.25, -0.2) is 14.5 Å². The summed E-state index contributed by atoms with van der Waals surface area (Å²) in [7, 11) is 1.27. The summed E-state index contributed by atoms with van der Waals surface area (Å²) in [5.41, 5.74) is -0.724. The maximum atomic E-state index is 13.0. The maximum absolute atomic E-state index is 13.0. The predicted molar refractivity (Wildman–Crippen MR) is 83.6 cm³/mol. The van der Waals surface area contributed by atoms with Crippen molar-refractivity contribution in [1.82, 2.24) is 14.8 Å². The van der Waals surface area contributed by atoms with E-state index in [1.54, 1.807) is 13.8 Å². The second-order valence-corrected chi connectivity index (χ2v) is 5.30. The number of benzene rings is 1. The molecule has 6 nitrogen and oxygen atoms in total. The summed E-state index contributed by atoms with van der Waals surface area (Å²) in [5.74, 6) is -0.462. The van der Waals surface area contributed by atoms with Gasteiger partial charge < -0.3 is 9.47 Å². The van der Waals surface area contributed by atoms with E-state index >= 15 is 0 Å². The topological polar surface area (TPSA) is 66.2 Å². The van der Waals surface area contributed by atoms with Gasteiger partial charge in [0, 0.05) is 17.8 Å². The number of hydrogen-bond acceptors (Lipinski definition) is 5. The van der Waals surface area contributed by atoms with Gasteiger partial charge in [-0.3, -0.25) is 0 Å². The summed E-state index contributed by atoms with van der Waals surface area (Å²) in [6, 6.07) is 3.22. The summed E-state index contributed by atoms with van der Waals surface area (Å²) in [6.45, 7) is 3.42. The van der Waals surface area contributed by atoms with Crippen molar-refractivity contribution in [3.63, 3.8) is 0 Å². The van der Waals surface area contributed by atoms with Crippen LogP contribution in [0.25, 0.3) is 17.6 Å². The average molecular weight is 355 g/mol. The van der Waals surface area contributed by atoms with Gasteiger partial charge in [0.15, 0.2) is 5.82 Å². The number of esters is 1. The van der Waals surface area contributed by atoms with E-state index in [-0.39, 0.29) is 23.2 Å². The van der Waals surface area contributed by atoms with Crippen molar-refractivity contribution in [3.8, 4) is 17.1 Å². The van der Waals surface area contributed by atoms with E-state index in [2.05, 4.69) is 10.1 Å². The largest absolute Gasteiger partial charge is 0.497 e. The minimum atomic E-state index is -4.52. The van der Waals surface area contributed by atoms with Gasteiger partial charge in [0.2, 0.25) is 0 Å². The third kappa shape index (κ3) is 5.07. The zero-order chi connectivity index (χ0) is 18.6. The van der Waals surface area contributed by atoms with Crippen molar-refractivity contribution in [2.75, 3.05) is 7.11 Å². The summed E-state index contributed by atoms with van der Waals surface area (Å²) >= 11 is 0. The zero-order valence-corrected chi connectivity index (χ0v) is 13.7. The summed E-state index contributed by atoms with van der Waals surface area (Å²) < 4.78 is 49.9. The highest BCUT2D eigenvalue weighted by Crippen LogP contribution is 2.34. The molecule has 9 heteroatoms. The molecule has 2 aromatic rings. The molecule has 0 unspecified atom stereocenters. The lowest BCUT2D eigenvalue weighted by atomic mass is 10.1. The van der Waals surface area contributed by atoms with Gasteiger partial charge >= 0.3 is 12.1 Å². The number of nitrogens with zero attached hydrogens (tertiary/aromatic N) is 3. The van der Waals surface area contributed by atoms with Crippen LogP contribution in [0.1, 0.15) is 19.4 Å². The third-order valence-electron chi connectivity index (χ3n) is 2.95. The Morgan fingerprint density at radius 3 is 2.60 bits per heavy atom. The van der Waals surface area contributed by atoms with Gasteiger partial charge in [-0.15, -0.1) is 5.10 Å². The van der Waals surface area contributed by atoms with E-state index in [0.717, 1.165) is 18.2 Å². The van der Waals surface area contributed by atoms with E-state index in [1.165, 1.54) is 30.4 Å². The molecule has 1 aromatic heterocycles. The number of ether oxygens (including phenoxy) is 2. The second kappa shape index (κ2) is 7.37. The van der Waals surface area contributed by atoms with Crippen molar-refractivity contribution in [3.05, 3.63) is 36.2 Å². The fourth-order valence-electron chi connectivity index (χ4n) is 1.90. The highest BCUT2D eigenvalue weighted by atomic mass is 19.4. The van der Waals surface area contributed by atoms with Crippen LogP contribution in [-0.4, -0.2) is 33.9 Å². The fraction of sp³-hybridized carbons (Fsp3) is 0.312. The van der Waals surface area contributed by atoms with Crippen LogP contribution in [-0.2, 0) is 15.7 Å². The summed E-state index contributed by atoms with van der Waals surface area (Å²) in [4.78, 5) is 15.4. The molecule has 0 bridgehead atoms. The van der Waals surface area contributed by atoms with Gasteiger partial charge in [-0.1, -0.05) is 0 Å². The van der Waals surface area contributed by atoms with Crippen molar-refractivity contribution >= 4 is 12.2 Å². The van der Waals surface area contributed by atoms with E-state index in [4.69, 9.17) is 9.47 Å². The van der Waals surface area contributed by atoms with Crippen LogP contribution in [0.15, 0.2) is 30.6 Å². The van der Waals surface area contributed by atoms with Gasteiger partial charge in [0.05, 0.1) is 18.8 Å². The number of halogens is 3. The Morgan fingerprint density at radius 2 is 2.00 bits per heavy atom. The van der Waals surface area contributed by atoms with Gasteiger partial charge in [0.25, 0.3) is 0 Å². The van der Waals surface area contributed by atoms with E-state index in [0.29, 0.717) is 0 Å². The molecule has 0 saturated heterocycles. The molecule has 134 valence electrons. The van der Waals surface area contributed by atoms with Gasteiger partial charge in [-0.2, -0.15) is 13.2 Å². The zero-order valence-electron chi connectivity index (χ0n) is 13.7. The Labute approximate surface area is 141 Å². The smallest absolute Gasteiger partial charge is 0.416 e. The Morgan fingerprint density at radius 1 is 1.28 bits per heavy atom. The molecule has 0 atom stereocenters. The van der Waals surface area contributed by atoms with Crippen molar-refractivity contribution in [2.24, 2.45) is 0 Å². The first-order valence-corrected chi connectivity index (χ1v) is 7.25. The minimum Gasteiger partial charge on any atom is -0.497 e. The molecule has 0 aliphatic carbocycles. The average Bonchev–Trinajstić information content (AvgIpc) is 3.00. The molecule has 2 rings (SSSR count). The monoisotopic (exact) mass is 355 g/mol. The van der Waals surface area contributed by atoms with E-state index in [1.807, 2.05) is 0 Å². The van der Waals surface area contributed by atoms with E-state index < -0.39 is 17.7 Å². The van der Waals surface area contributed by atoms with Crippen LogP contribution in [0.3, 0.4) is 0 Å². The third-order valence-corrected chi connectivity index (χ3v) is 2.95. The highest BCUT2D eigenvalue weighted by molar-refractivity contribution is 5.85. The highest BCUT2D eigenvalue weighted by Gasteiger charge is 2.31. The summed E-state index contributed by atoms with van der Waals surface area (Å²) in [6.07, 6.45) is -1.08. The molecule has 25 heavy (non-hydrogen) atoms. The van der Waals surface area contributed by atoms with Crippen molar-refractivity contribution in [1.29, 1.82) is 0 Å². The molecule has 0 spiro atoms. The Kier molecular flexibility index (Phi) is 5.45. The molecule has 0 radical (unpaired) electrons. The number of rotatable bonds is 5. The van der Waals surface area contributed by atoms with Crippen LogP contribution in [0.2, 0.25) is 0 Å². The number of methoxy groups -OCH3 is 1. The predicted octanol–water partition coefficient (Wildman–Crippen LogP) is 3.39. The quantitative estimate of drug-likeness (QED) is 0.608. The van der Waals surface area contributed by atoms with Gasteiger partial charge in [0.1, 0.15) is 12.1 Å². The molecule has 0 aliphatic heterocycles. The minimum absolute atomic E-state index is 0.0391. The van der Waals surface area contributed by atoms with Crippen LogP contribution >= 0.6 is 0 Å². The SMILES string of the molecule is COc1cc(-c2ncn(C=CC(=O)OC(C)C)n2)cc(C(F)(F)F)c1. The van der Waals surface area contributed by atoms with Gasteiger partial charge in [-0.05, 0) is 32.0 Å². The first kappa shape index (κ1) is 18.5. The van der Waals surface area contributed by atoms with Crippen LogP contribution in [0.4, 0.5) is 13.2 Å². The first-order valence-electron chi connectivity index (χ1n) is 7.25. The second-order valence-electron chi connectivity index (χ2n) is 5.30. The molecule has 1 aromatic carbocycles. The molecule has 0 N–H and O–H groups in total. The lowest BCUT2D eigenvalue weighted by Crippen LogP contribution is -2.08. The number of alkyl halides is 3. The first-order chi connectivity index (χ1) is 11.7. The molecular formula is C16H16F3N3O3. The number of aromatic nitrogens is 3. The standard InChI is InChI=1S/C16H16F3N3O3/c1-10(2)25-14(23)4-5-22-9-20-15(21-22)11-6-12(16(17,18)19)8-13(7-11)24-3/h4-10H,1-3H3. The normalized spacial score (nSPS) is 12.0. The van der Waals surface area contributed by atoms with Crippen LogP contribution < -0.4 is 4.74 Å².